The maximum absolute atomic E-state index is 12.1. The molecule has 1 fully saturated rings. The van der Waals surface area contributed by atoms with Crippen molar-refractivity contribution in [3.05, 3.63) is 58.8 Å². The van der Waals surface area contributed by atoms with E-state index in [9.17, 15) is 4.79 Å². The highest BCUT2D eigenvalue weighted by Gasteiger charge is 2.34. The molecule has 6 heteroatoms. The lowest BCUT2D eigenvalue weighted by atomic mass is 9.76. The Labute approximate surface area is 178 Å². The minimum absolute atomic E-state index is 0.0206. The Morgan fingerprint density at radius 1 is 1.23 bits per heavy atom. The van der Waals surface area contributed by atoms with Crippen molar-refractivity contribution in [3.63, 3.8) is 0 Å². The SMILES string of the molecule is CC(C)Cn1cc(-n2cc(C3(C)C=CC(NC4CCCC4)=NC3C)cn2)ccc1=O. The highest BCUT2D eigenvalue weighted by Crippen LogP contribution is 2.34. The van der Waals surface area contributed by atoms with E-state index in [-0.39, 0.29) is 17.0 Å². The smallest absolute Gasteiger partial charge is 0.250 e. The highest BCUT2D eigenvalue weighted by molar-refractivity contribution is 5.94. The molecule has 0 bridgehead atoms. The molecule has 3 heterocycles. The predicted octanol–water partition coefficient (Wildman–Crippen LogP) is 3.84. The van der Waals surface area contributed by atoms with Crippen molar-refractivity contribution in [1.82, 2.24) is 19.7 Å². The molecule has 2 aliphatic rings. The fourth-order valence-corrected chi connectivity index (χ4v) is 4.41. The van der Waals surface area contributed by atoms with Crippen LogP contribution in [0.25, 0.3) is 5.69 Å². The summed E-state index contributed by atoms with van der Waals surface area (Å²) in [6.45, 7) is 9.30. The van der Waals surface area contributed by atoms with Gasteiger partial charge in [0.15, 0.2) is 0 Å². The van der Waals surface area contributed by atoms with Crippen molar-refractivity contribution in [2.45, 2.75) is 77.4 Å². The minimum atomic E-state index is -0.217. The summed E-state index contributed by atoms with van der Waals surface area (Å²) < 4.78 is 3.62. The number of aromatic nitrogens is 3. The van der Waals surface area contributed by atoms with Crippen LogP contribution in [0.2, 0.25) is 0 Å². The molecule has 1 saturated carbocycles. The molecule has 1 N–H and O–H groups in total. The average Bonchev–Trinajstić information content (AvgIpc) is 3.39. The number of nitrogens with one attached hydrogen (secondary N) is 1. The fourth-order valence-electron chi connectivity index (χ4n) is 4.41. The quantitative estimate of drug-likeness (QED) is 0.819. The van der Waals surface area contributed by atoms with Crippen LogP contribution in [-0.2, 0) is 12.0 Å². The number of amidine groups is 1. The molecular weight excluding hydrogens is 374 g/mol. The van der Waals surface area contributed by atoms with Crippen LogP contribution >= 0.6 is 0 Å². The summed E-state index contributed by atoms with van der Waals surface area (Å²) in [5.74, 6) is 1.41. The standard InChI is InChI=1S/C24H33N5O/c1-17(2)14-28-16-21(9-10-23(28)30)29-15-19(13-25-29)24(4)12-11-22(26-18(24)3)27-20-7-5-6-8-20/h9-13,15-18,20H,5-8,14H2,1-4H3,(H,26,27). The molecule has 2 aromatic rings. The molecule has 0 amide bonds. The largest absolute Gasteiger partial charge is 0.368 e. The van der Waals surface area contributed by atoms with Crippen LogP contribution in [0, 0.1) is 5.92 Å². The summed E-state index contributed by atoms with van der Waals surface area (Å²) >= 11 is 0. The summed E-state index contributed by atoms with van der Waals surface area (Å²) in [5, 5.41) is 8.20. The topological polar surface area (TPSA) is 64.2 Å². The molecular formula is C24H33N5O. The highest BCUT2D eigenvalue weighted by atomic mass is 16.1. The van der Waals surface area contributed by atoms with E-state index in [4.69, 9.17) is 4.99 Å². The fraction of sp³-hybridized carbons (Fsp3) is 0.542. The molecule has 1 aliphatic carbocycles. The molecule has 30 heavy (non-hydrogen) atoms. The van der Waals surface area contributed by atoms with Gasteiger partial charge in [0.1, 0.15) is 5.84 Å². The van der Waals surface area contributed by atoms with E-state index < -0.39 is 0 Å². The maximum Gasteiger partial charge on any atom is 0.250 e. The van der Waals surface area contributed by atoms with Gasteiger partial charge in [-0.15, -0.1) is 0 Å². The summed E-state index contributed by atoms with van der Waals surface area (Å²) in [6.07, 6.45) is 15.4. The van der Waals surface area contributed by atoms with Gasteiger partial charge < -0.3 is 9.88 Å². The lowest BCUT2D eigenvalue weighted by Crippen LogP contribution is -2.40. The van der Waals surface area contributed by atoms with Crippen LogP contribution in [0.15, 0.2) is 52.7 Å². The van der Waals surface area contributed by atoms with Crippen LogP contribution in [0.3, 0.4) is 0 Å². The van der Waals surface area contributed by atoms with Crippen molar-refractivity contribution >= 4 is 5.84 Å². The zero-order chi connectivity index (χ0) is 21.3. The van der Waals surface area contributed by atoms with Gasteiger partial charge in [0.2, 0.25) is 0 Å². The van der Waals surface area contributed by atoms with E-state index in [0.717, 1.165) is 17.1 Å². The first kappa shape index (κ1) is 20.6. The third-order valence-electron chi connectivity index (χ3n) is 6.49. The third kappa shape index (κ3) is 4.13. The second kappa shape index (κ2) is 8.25. The molecule has 0 saturated heterocycles. The van der Waals surface area contributed by atoms with Gasteiger partial charge in [0, 0.05) is 42.0 Å². The summed E-state index contributed by atoms with van der Waals surface area (Å²) in [5.41, 5.74) is 1.82. The van der Waals surface area contributed by atoms with Gasteiger partial charge in [-0.2, -0.15) is 5.10 Å². The van der Waals surface area contributed by atoms with Gasteiger partial charge in [0.25, 0.3) is 5.56 Å². The molecule has 4 rings (SSSR count). The molecule has 0 spiro atoms. The number of aliphatic imine (C=N–C) groups is 1. The number of pyridine rings is 1. The molecule has 2 unspecified atom stereocenters. The van der Waals surface area contributed by atoms with Crippen molar-refractivity contribution < 1.29 is 0 Å². The Kier molecular flexibility index (Phi) is 5.67. The van der Waals surface area contributed by atoms with E-state index >= 15 is 0 Å². The monoisotopic (exact) mass is 407 g/mol. The Morgan fingerprint density at radius 2 is 2.00 bits per heavy atom. The summed E-state index contributed by atoms with van der Waals surface area (Å²) in [7, 11) is 0. The number of hydrogen-bond acceptors (Lipinski definition) is 4. The minimum Gasteiger partial charge on any atom is -0.368 e. The first-order valence-electron chi connectivity index (χ1n) is 11.1. The second-order valence-electron chi connectivity index (χ2n) is 9.38. The van der Waals surface area contributed by atoms with Gasteiger partial charge in [-0.3, -0.25) is 9.79 Å². The maximum atomic E-state index is 12.1. The van der Waals surface area contributed by atoms with Gasteiger partial charge in [-0.1, -0.05) is 32.8 Å². The second-order valence-corrected chi connectivity index (χ2v) is 9.38. The van der Waals surface area contributed by atoms with Crippen LogP contribution in [0.1, 0.15) is 58.9 Å². The predicted molar refractivity (Wildman–Crippen MR) is 121 cm³/mol. The lowest BCUT2D eigenvalue weighted by Gasteiger charge is -2.33. The summed E-state index contributed by atoms with van der Waals surface area (Å²) in [4.78, 5) is 17.1. The Morgan fingerprint density at radius 3 is 2.70 bits per heavy atom. The van der Waals surface area contributed by atoms with E-state index in [1.165, 1.54) is 25.7 Å². The number of hydrogen-bond donors (Lipinski definition) is 1. The van der Waals surface area contributed by atoms with Gasteiger partial charge in [-0.05, 0) is 44.7 Å². The number of nitrogens with zero attached hydrogens (tertiary/aromatic N) is 4. The Hall–Kier alpha value is -2.63. The first-order valence-corrected chi connectivity index (χ1v) is 11.1. The van der Waals surface area contributed by atoms with Crippen LogP contribution in [0.5, 0.6) is 0 Å². The van der Waals surface area contributed by atoms with Crippen LogP contribution in [0.4, 0.5) is 0 Å². The van der Waals surface area contributed by atoms with Crippen LogP contribution in [-0.4, -0.2) is 32.3 Å². The molecule has 6 nitrogen and oxygen atoms in total. The Balaban J connectivity index is 1.54. The first-order chi connectivity index (χ1) is 14.3. The van der Waals surface area contributed by atoms with E-state index in [1.54, 1.807) is 10.6 Å². The molecule has 0 aromatic carbocycles. The summed E-state index contributed by atoms with van der Waals surface area (Å²) in [6, 6.07) is 4.13. The van der Waals surface area contributed by atoms with E-state index in [0.29, 0.717) is 18.5 Å². The zero-order valence-electron chi connectivity index (χ0n) is 18.5. The van der Waals surface area contributed by atoms with Gasteiger partial charge in [-0.25, -0.2) is 4.68 Å². The normalized spacial score (nSPS) is 24.4. The molecule has 160 valence electrons. The molecule has 2 atom stereocenters. The zero-order valence-corrected chi connectivity index (χ0v) is 18.5. The van der Waals surface area contributed by atoms with Gasteiger partial charge in [0.05, 0.1) is 17.9 Å². The van der Waals surface area contributed by atoms with Crippen LogP contribution < -0.4 is 10.9 Å². The van der Waals surface area contributed by atoms with Crippen molar-refractivity contribution in [3.8, 4) is 5.69 Å². The van der Waals surface area contributed by atoms with Crippen molar-refractivity contribution in [1.29, 1.82) is 0 Å². The molecule has 2 aromatic heterocycles. The van der Waals surface area contributed by atoms with E-state index in [1.807, 2.05) is 23.1 Å². The van der Waals surface area contributed by atoms with E-state index in [2.05, 4.69) is 56.5 Å². The molecule has 0 radical (unpaired) electrons. The number of dihydropyridines is 1. The average molecular weight is 408 g/mol. The third-order valence-corrected chi connectivity index (χ3v) is 6.49. The lowest BCUT2D eigenvalue weighted by molar-refractivity contribution is 0.479. The van der Waals surface area contributed by atoms with Gasteiger partial charge >= 0.3 is 0 Å². The van der Waals surface area contributed by atoms with Crippen molar-refractivity contribution in [2.24, 2.45) is 10.9 Å². The van der Waals surface area contributed by atoms with Crippen molar-refractivity contribution in [2.75, 3.05) is 0 Å². The molecule has 1 aliphatic heterocycles. The number of rotatable bonds is 5. The Bertz CT molecular complexity index is 1010.